The summed E-state index contributed by atoms with van der Waals surface area (Å²) in [6, 6.07) is 0. The van der Waals surface area contributed by atoms with Crippen molar-refractivity contribution < 1.29 is 14.6 Å². The molecule has 0 amide bonds. The molecule has 17 heavy (non-hydrogen) atoms. The van der Waals surface area contributed by atoms with Gasteiger partial charge in [0, 0.05) is 40.0 Å². The fourth-order valence-corrected chi connectivity index (χ4v) is 2.30. The largest absolute Gasteiger partial charge is 0.393 e. The molecule has 1 saturated heterocycles. The molecule has 1 N–H and O–H groups in total. The second-order valence-corrected chi connectivity index (χ2v) is 4.78. The van der Waals surface area contributed by atoms with Crippen molar-refractivity contribution in [3.05, 3.63) is 0 Å². The van der Waals surface area contributed by atoms with E-state index in [9.17, 15) is 5.11 Å². The van der Waals surface area contributed by atoms with Crippen molar-refractivity contribution in [3.63, 3.8) is 0 Å². The van der Waals surface area contributed by atoms with Gasteiger partial charge in [0.25, 0.3) is 0 Å². The molecule has 1 heterocycles. The van der Waals surface area contributed by atoms with Gasteiger partial charge in [-0.3, -0.25) is 0 Å². The SMILES string of the molecule is CCC1CN(CCOCCCOC)CCC1O. The van der Waals surface area contributed by atoms with Crippen LogP contribution in [0.25, 0.3) is 0 Å². The van der Waals surface area contributed by atoms with E-state index in [0.29, 0.717) is 5.92 Å². The molecule has 0 saturated carbocycles. The third-order valence-corrected chi connectivity index (χ3v) is 3.49. The average Bonchev–Trinajstić information content (AvgIpc) is 2.35. The standard InChI is InChI=1S/C13H27NO3/c1-3-12-11-14(6-5-13(12)15)7-10-17-9-4-8-16-2/h12-13,15H,3-11H2,1-2H3. The van der Waals surface area contributed by atoms with Gasteiger partial charge < -0.3 is 19.5 Å². The number of nitrogens with zero attached hydrogens (tertiary/aromatic N) is 1. The Hall–Kier alpha value is -0.160. The van der Waals surface area contributed by atoms with Crippen LogP contribution < -0.4 is 0 Å². The van der Waals surface area contributed by atoms with Gasteiger partial charge in [0.2, 0.25) is 0 Å². The van der Waals surface area contributed by atoms with Gasteiger partial charge in [-0.05, 0) is 25.2 Å². The first-order valence-corrected chi connectivity index (χ1v) is 6.75. The zero-order valence-electron chi connectivity index (χ0n) is 11.2. The maximum atomic E-state index is 9.78. The summed E-state index contributed by atoms with van der Waals surface area (Å²) in [4.78, 5) is 2.40. The molecule has 1 rings (SSSR count). The lowest BCUT2D eigenvalue weighted by Crippen LogP contribution is -2.44. The van der Waals surface area contributed by atoms with Crippen molar-refractivity contribution in [1.82, 2.24) is 4.90 Å². The Labute approximate surface area is 105 Å². The highest BCUT2D eigenvalue weighted by atomic mass is 16.5. The van der Waals surface area contributed by atoms with Crippen LogP contribution in [0.2, 0.25) is 0 Å². The van der Waals surface area contributed by atoms with Crippen molar-refractivity contribution in [2.45, 2.75) is 32.3 Å². The highest BCUT2D eigenvalue weighted by Crippen LogP contribution is 2.19. The minimum Gasteiger partial charge on any atom is -0.393 e. The molecule has 0 aromatic carbocycles. The predicted octanol–water partition coefficient (Wildman–Crippen LogP) is 1.13. The van der Waals surface area contributed by atoms with Gasteiger partial charge in [-0.25, -0.2) is 0 Å². The van der Waals surface area contributed by atoms with E-state index in [0.717, 1.165) is 58.7 Å². The maximum Gasteiger partial charge on any atom is 0.0593 e. The number of likely N-dealkylation sites (tertiary alicyclic amines) is 1. The van der Waals surface area contributed by atoms with E-state index in [2.05, 4.69) is 11.8 Å². The van der Waals surface area contributed by atoms with Crippen LogP contribution in [0.1, 0.15) is 26.2 Å². The monoisotopic (exact) mass is 245 g/mol. The number of aliphatic hydroxyl groups is 1. The van der Waals surface area contributed by atoms with Crippen molar-refractivity contribution in [2.24, 2.45) is 5.92 Å². The van der Waals surface area contributed by atoms with E-state index in [4.69, 9.17) is 9.47 Å². The van der Waals surface area contributed by atoms with E-state index >= 15 is 0 Å². The third kappa shape index (κ3) is 5.82. The average molecular weight is 245 g/mol. The van der Waals surface area contributed by atoms with Crippen molar-refractivity contribution in [3.8, 4) is 0 Å². The van der Waals surface area contributed by atoms with E-state index in [-0.39, 0.29) is 6.10 Å². The Morgan fingerprint density at radius 3 is 2.82 bits per heavy atom. The second-order valence-electron chi connectivity index (χ2n) is 4.78. The van der Waals surface area contributed by atoms with Crippen LogP contribution >= 0.6 is 0 Å². The van der Waals surface area contributed by atoms with Gasteiger partial charge in [0.1, 0.15) is 0 Å². The molecular formula is C13H27NO3. The van der Waals surface area contributed by atoms with E-state index in [1.165, 1.54) is 0 Å². The Bertz CT molecular complexity index is 190. The number of aliphatic hydroxyl groups excluding tert-OH is 1. The molecule has 0 spiro atoms. The first-order valence-electron chi connectivity index (χ1n) is 6.75. The molecular weight excluding hydrogens is 218 g/mol. The molecule has 0 aromatic rings. The fraction of sp³-hybridized carbons (Fsp3) is 1.00. The lowest BCUT2D eigenvalue weighted by molar-refractivity contribution is 0.0106. The van der Waals surface area contributed by atoms with E-state index < -0.39 is 0 Å². The predicted molar refractivity (Wildman–Crippen MR) is 68.2 cm³/mol. The summed E-state index contributed by atoms with van der Waals surface area (Å²) >= 11 is 0. The first kappa shape index (κ1) is 14.9. The lowest BCUT2D eigenvalue weighted by atomic mass is 9.92. The minimum atomic E-state index is -0.0983. The number of methoxy groups -OCH3 is 1. The maximum absolute atomic E-state index is 9.78. The Morgan fingerprint density at radius 1 is 1.29 bits per heavy atom. The third-order valence-electron chi connectivity index (χ3n) is 3.49. The molecule has 102 valence electrons. The fourth-order valence-electron chi connectivity index (χ4n) is 2.30. The van der Waals surface area contributed by atoms with E-state index in [1.807, 2.05) is 0 Å². The highest BCUT2D eigenvalue weighted by Gasteiger charge is 2.25. The van der Waals surface area contributed by atoms with Crippen LogP contribution in [0.5, 0.6) is 0 Å². The van der Waals surface area contributed by atoms with Gasteiger partial charge in [-0.15, -0.1) is 0 Å². The molecule has 1 aliphatic heterocycles. The normalized spacial score (nSPS) is 26.3. The highest BCUT2D eigenvalue weighted by molar-refractivity contribution is 4.78. The van der Waals surface area contributed by atoms with Crippen molar-refractivity contribution in [1.29, 1.82) is 0 Å². The number of piperidine rings is 1. The summed E-state index contributed by atoms with van der Waals surface area (Å²) in [6.07, 6.45) is 2.83. The van der Waals surface area contributed by atoms with Crippen molar-refractivity contribution in [2.75, 3.05) is 46.6 Å². The lowest BCUT2D eigenvalue weighted by Gasteiger charge is -2.35. The van der Waals surface area contributed by atoms with Gasteiger partial charge >= 0.3 is 0 Å². The van der Waals surface area contributed by atoms with Crippen molar-refractivity contribution >= 4 is 0 Å². The zero-order chi connectivity index (χ0) is 12.5. The summed E-state index contributed by atoms with van der Waals surface area (Å²) in [5.74, 6) is 0.442. The van der Waals surface area contributed by atoms with Gasteiger partial charge in [-0.1, -0.05) is 6.92 Å². The van der Waals surface area contributed by atoms with Crippen LogP contribution in [0.15, 0.2) is 0 Å². The smallest absolute Gasteiger partial charge is 0.0593 e. The number of rotatable bonds is 8. The molecule has 1 aliphatic rings. The van der Waals surface area contributed by atoms with Gasteiger partial charge in [0.05, 0.1) is 12.7 Å². The Kier molecular flexibility index (Phi) is 7.77. The Balaban J connectivity index is 2.03. The summed E-state index contributed by atoms with van der Waals surface area (Å²) in [6.45, 7) is 7.48. The molecule has 2 unspecified atom stereocenters. The minimum absolute atomic E-state index is 0.0983. The Morgan fingerprint density at radius 2 is 2.12 bits per heavy atom. The quantitative estimate of drug-likeness (QED) is 0.651. The van der Waals surface area contributed by atoms with Crippen LogP contribution in [0.4, 0.5) is 0 Å². The zero-order valence-corrected chi connectivity index (χ0v) is 11.2. The number of hydrogen-bond acceptors (Lipinski definition) is 4. The van der Waals surface area contributed by atoms with E-state index in [1.54, 1.807) is 7.11 Å². The second kappa shape index (κ2) is 8.86. The number of ether oxygens (including phenoxy) is 2. The van der Waals surface area contributed by atoms with Gasteiger partial charge in [-0.2, -0.15) is 0 Å². The summed E-state index contributed by atoms with van der Waals surface area (Å²) in [5, 5.41) is 9.78. The molecule has 4 heteroatoms. The molecule has 0 bridgehead atoms. The van der Waals surface area contributed by atoms with Crippen LogP contribution in [-0.4, -0.2) is 62.7 Å². The summed E-state index contributed by atoms with van der Waals surface area (Å²) in [7, 11) is 1.71. The van der Waals surface area contributed by atoms with Gasteiger partial charge in [0.15, 0.2) is 0 Å². The molecule has 0 aliphatic carbocycles. The molecule has 1 fully saturated rings. The molecule has 0 radical (unpaired) electrons. The van der Waals surface area contributed by atoms with Crippen LogP contribution in [0.3, 0.4) is 0 Å². The topological polar surface area (TPSA) is 41.9 Å². The number of hydrogen-bond donors (Lipinski definition) is 1. The molecule has 4 nitrogen and oxygen atoms in total. The van der Waals surface area contributed by atoms with Crippen LogP contribution in [0, 0.1) is 5.92 Å². The molecule has 0 aromatic heterocycles. The summed E-state index contributed by atoms with van der Waals surface area (Å²) < 4.78 is 10.5. The summed E-state index contributed by atoms with van der Waals surface area (Å²) in [5.41, 5.74) is 0. The first-order chi connectivity index (χ1) is 8.27. The molecule has 2 atom stereocenters. The van der Waals surface area contributed by atoms with Crippen LogP contribution in [-0.2, 0) is 9.47 Å².